The molecule has 8 heteroatoms. The van der Waals surface area contributed by atoms with Crippen LogP contribution in [0.4, 0.5) is 11.4 Å². The molecule has 0 aliphatic carbocycles. The van der Waals surface area contributed by atoms with Crippen LogP contribution in [-0.4, -0.2) is 55.3 Å². The van der Waals surface area contributed by atoms with Gasteiger partial charge in [0.2, 0.25) is 11.3 Å². The van der Waals surface area contributed by atoms with Crippen LogP contribution < -0.4 is 25.1 Å². The highest BCUT2D eigenvalue weighted by Gasteiger charge is 2.19. The van der Waals surface area contributed by atoms with Gasteiger partial charge < -0.3 is 24.3 Å². The number of carbonyl (C=O) groups is 1. The van der Waals surface area contributed by atoms with E-state index in [1.165, 1.54) is 12.8 Å². The summed E-state index contributed by atoms with van der Waals surface area (Å²) in [6.07, 6.45) is 1.62. The number of benzene rings is 2. The molecule has 35 heavy (non-hydrogen) atoms. The molecule has 0 spiro atoms. The van der Waals surface area contributed by atoms with E-state index in [4.69, 9.17) is 9.47 Å². The zero-order chi connectivity index (χ0) is 24.6. The highest BCUT2D eigenvalue weighted by atomic mass is 16.5. The molecule has 1 aromatic heterocycles. The van der Waals surface area contributed by atoms with Crippen LogP contribution in [0.1, 0.15) is 12.6 Å². The number of anilines is 2. The van der Waals surface area contributed by atoms with E-state index in [-0.39, 0.29) is 23.6 Å². The number of pyridine rings is 1. The number of para-hydroxylation sites is 1. The number of nitrogens with one attached hydrogen (secondary N) is 1. The minimum absolute atomic E-state index is 0.0726. The Bertz CT molecular complexity index is 1170. The third kappa shape index (κ3) is 6.42. The highest BCUT2D eigenvalue weighted by Crippen LogP contribution is 2.18. The fraction of sp³-hybridized carbons (Fsp3) is 0.333. The van der Waals surface area contributed by atoms with Gasteiger partial charge in [-0.15, -0.1) is 0 Å². The third-order valence-electron chi connectivity index (χ3n) is 6.04. The van der Waals surface area contributed by atoms with Crippen LogP contribution in [0.2, 0.25) is 0 Å². The van der Waals surface area contributed by atoms with Gasteiger partial charge in [-0.05, 0) is 43.3 Å². The van der Waals surface area contributed by atoms with Gasteiger partial charge in [-0.25, -0.2) is 0 Å². The molecule has 0 unspecified atom stereocenters. The lowest BCUT2D eigenvalue weighted by Gasteiger charge is -2.36. The third-order valence-corrected chi connectivity index (χ3v) is 6.04. The normalized spacial score (nSPS) is 13.9. The van der Waals surface area contributed by atoms with Gasteiger partial charge in [-0.2, -0.15) is 0 Å². The molecule has 1 saturated heterocycles. The number of hydrogen-bond donors (Lipinski definition) is 1. The Labute approximate surface area is 205 Å². The summed E-state index contributed by atoms with van der Waals surface area (Å²) in [6, 6.07) is 19.2. The number of carbonyl (C=O) groups excluding carboxylic acids is 1. The summed E-state index contributed by atoms with van der Waals surface area (Å²) in [5, 5.41) is 2.91. The predicted octanol–water partition coefficient (Wildman–Crippen LogP) is 3.22. The number of ether oxygens (including phenoxy) is 2. The van der Waals surface area contributed by atoms with Crippen LogP contribution in [0.15, 0.2) is 71.7 Å². The smallest absolute Gasteiger partial charge is 0.244 e. The summed E-state index contributed by atoms with van der Waals surface area (Å²) < 4.78 is 12.5. The second-order valence-electron chi connectivity index (χ2n) is 8.43. The highest BCUT2D eigenvalue weighted by molar-refractivity contribution is 5.90. The lowest BCUT2D eigenvalue weighted by molar-refractivity contribution is -0.116. The summed E-state index contributed by atoms with van der Waals surface area (Å²) in [4.78, 5) is 30.0. The van der Waals surface area contributed by atoms with Gasteiger partial charge in [0.15, 0.2) is 5.75 Å². The quantitative estimate of drug-likeness (QED) is 0.511. The second-order valence-corrected chi connectivity index (χ2v) is 8.43. The topological polar surface area (TPSA) is 76.0 Å². The number of aromatic nitrogens is 1. The minimum atomic E-state index is -0.186. The van der Waals surface area contributed by atoms with Crippen molar-refractivity contribution in [3.63, 3.8) is 0 Å². The van der Waals surface area contributed by atoms with E-state index in [1.807, 2.05) is 37.3 Å². The Morgan fingerprint density at radius 2 is 1.71 bits per heavy atom. The van der Waals surface area contributed by atoms with Gasteiger partial charge in [0.25, 0.3) is 0 Å². The van der Waals surface area contributed by atoms with Crippen LogP contribution >= 0.6 is 0 Å². The molecule has 2 heterocycles. The molecule has 8 nitrogen and oxygen atoms in total. The van der Waals surface area contributed by atoms with Gasteiger partial charge in [-0.3, -0.25) is 14.5 Å². The zero-order valence-corrected chi connectivity index (χ0v) is 20.3. The van der Waals surface area contributed by atoms with E-state index in [0.29, 0.717) is 18.8 Å². The number of piperazine rings is 1. The first kappa shape index (κ1) is 24.3. The molecule has 1 N–H and O–H groups in total. The molecule has 3 aromatic rings. The first-order chi connectivity index (χ1) is 17.1. The molecule has 1 aliphatic heterocycles. The van der Waals surface area contributed by atoms with Crippen LogP contribution in [0, 0.1) is 0 Å². The Morgan fingerprint density at radius 1 is 1.00 bits per heavy atom. The molecule has 184 valence electrons. The van der Waals surface area contributed by atoms with Crippen LogP contribution in [0.5, 0.6) is 11.5 Å². The van der Waals surface area contributed by atoms with Crippen molar-refractivity contribution >= 4 is 17.3 Å². The summed E-state index contributed by atoms with van der Waals surface area (Å²) in [6.45, 7) is 6.71. The maximum absolute atomic E-state index is 12.8. The average Bonchev–Trinajstić information content (AvgIpc) is 2.88. The van der Waals surface area contributed by atoms with Crippen molar-refractivity contribution in [2.75, 3.05) is 50.1 Å². The first-order valence-electron chi connectivity index (χ1n) is 11.9. The summed E-state index contributed by atoms with van der Waals surface area (Å²) in [5.41, 5.74) is 2.50. The van der Waals surface area contributed by atoms with Crippen molar-refractivity contribution < 1.29 is 14.3 Å². The van der Waals surface area contributed by atoms with E-state index < -0.39 is 0 Å². The van der Waals surface area contributed by atoms with Crippen molar-refractivity contribution in [1.29, 1.82) is 0 Å². The van der Waals surface area contributed by atoms with E-state index in [2.05, 4.69) is 39.4 Å². The lowest BCUT2D eigenvalue weighted by Crippen LogP contribution is -2.46. The van der Waals surface area contributed by atoms with Crippen molar-refractivity contribution in [3.8, 4) is 11.5 Å². The summed E-state index contributed by atoms with van der Waals surface area (Å²) in [5.74, 6) is 0.789. The molecule has 1 fully saturated rings. The molecule has 1 amide bonds. The van der Waals surface area contributed by atoms with Gasteiger partial charge >= 0.3 is 0 Å². The first-order valence-corrected chi connectivity index (χ1v) is 11.9. The average molecular weight is 477 g/mol. The van der Waals surface area contributed by atoms with Crippen LogP contribution in [0.3, 0.4) is 0 Å². The Hall–Kier alpha value is -3.78. The fourth-order valence-corrected chi connectivity index (χ4v) is 4.22. The molecule has 0 atom stereocenters. The molecule has 2 aromatic carbocycles. The molecule has 0 bridgehead atoms. The van der Waals surface area contributed by atoms with Gasteiger partial charge in [0, 0.05) is 55.9 Å². The van der Waals surface area contributed by atoms with E-state index in [0.717, 1.165) is 37.6 Å². The van der Waals surface area contributed by atoms with Crippen LogP contribution in [0.25, 0.3) is 0 Å². The molecule has 1 aliphatic rings. The summed E-state index contributed by atoms with van der Waals surface area (Å²) in [7, 11) is 1.46. The molecule has 0 radical (unpaired) electrons. The van der Waals surface area contributed by atoms with E-state index in [1.54, 1.807) is 16.8 Å². The number of nitrogens with zero attached hydrogens (tertiary/aromatic N) is 3. The summed E-state index contributed by atoms with van der Waals surface area (Å²) >= 11 is 0. The van der Waals surface area contributed by atoms with Gasteiger partial charge in [-0.1, -0.05) is 18.2 Å². The standard InChI is InChI=1S/C27H32N4O4/c1-3-35-24-11-9-21(10-12-24)28-27(33)20-31-19-26(34-2)25(32)17-23(31)18-29-13-15-30(16-14-29)22-7-5-4-6-8-22/h4-12,17,19H,3,13-16,18,20H2,1-2H3,(H,28,33). The maximum Gasteiger partial charge on any atom is 0.244 e. The monoisotopic (exact) mass is 476 g/mol. The van der Waals surface area contributed by atoms with Gasteiger partial charge in [0.05, 0.1) is 19.9 Å². The Balaban J connectivity index is 1.42. The number of methoxy groups -OCH3 is 1. The lowest BCUT2D eigenvalue weighted by atomic mass is 10.2. The predicted molar refractivity (Wildman–Crippen MR) is 137 cm³/mol. The van der Waals surface area contributed by atoms with Gasteiger partial charge in [0.1, 0.15) is 12.3 Å². The molecule has 4 rings (SSSR count). The second kappa shape index (κ2) is 11.6. The van der Waals surface area contributed by atoms with Crippen molar-refractivity contribution in [1.82, 2.24) is 9.47 Å². The van der Waals surface area contributed by atoms with Crippen molar-refractivity contribution in [2.45, 2.75) is 20.0 Å². The van der Waals surface area contributed by atoms with Crippen molar-refractivity contribution in [2.24, 2.45) is 0 Å². The number of amides is 1. The van der Waals surface area contributed by atoms with E-state index in [9.17, 15) is 9.59 Å². The fourth-order valence-electron chi connectivity index (χ4n) is 4.22. The largest absolute Gasteiger partial charge is 0.494 e. The molecular formula is C27H32N4O4. The Kier molecular flexibility index (Phi) is 8.05. The van der Waals surface area contributed by atoms with E-state index >= 15 is 0 Å². The molecular weight excluding hydrogens is 444 g/mol. The molecule has 0 saturated carbocycles. The maximum atomic E-state index is 12.8. The Morgan fingerprint density at radius 3 is 2.37 bits per heavy atom. The number of hydrogen-bond acceptors (Lipinski definition) is 6. The zero-order valence-electron chi connectivity index (χ0n) is 20.3. The van der Waals surface area contributed by atoms with Crippen LogP contribution in [-0.2, 0) is 17.9 Å². The minimum Gasteiger partial charge on any atom is -0.494 e. The SMILES string of the molecule is CCOc1ccc(NC(=O)Cn2cc(OC)c(=O)cc2CN2CCN(c3ccccc3)CC2)cc1. The van der Waals surface area contributed by atoms with Crippen molar-refractivity contribution in [3.05, 3.63) is 82.8 Å². The number of rotatable bonds is 9.